The van der Waals surface area contributed by atoms with Gasteiger partial charge >= 0.3 is 0 Å². The van der Waals surface area contributed by atoms with Crippen molar-refractivity contribution in [2.24, 2.45) is 0 Å². The summed E-state index contributed by atoms with van der Waals surface area (Å²) in [4.78, 5) is 24.1. The maximum absolute atomic E-state index is 12.7. The lowest BCUT2D eigenvalue weighted by atomic mass is 10.0. The lowest BCUT2D eigenvalue weighted by Gasteiger charge is -2.21. The van der Waals surface area contributed by atoms with Gasteiger partial charge < -0.3 is 19.9 Å². The molecule has 3 aromatic rings. The summed E-state index contributed by atoms with van der Waals surface area (Å²) in [5, 5.41) is 6.29. The molecule has 6 nitrogen and oxygen atoms in total. The molecule has 0 saturated heterocycles. The fourth-order valence-electron chi connectivity index (χ4n) is 3.18. The molecule has 4 rings (SSSR count). The number of anilines is 2. The van der Waals surface area contributed by atoms with E-state index in [0.29, 0.717) is 22.1 Å². The van der Waals surface area contributed by atoms with E-state index >= 15 is 0 Å². The van der Waals surface area contributed by atoms with Gasteiger partial charge in [-0.2, -0.15) is 0 Å². The van der Waals surface area contributed by atoms with Crippen LogP contribution >= 0.6 is 11.6 Å². The van der Waals surface area contributed by atoms with E-state index in [2.05, 4.69) is 10.6 Å². The maximum Gasteiger partial charge on any atom is 0.262 e. The fourth-order valence-corrected chi connectivity index (χ4v) is 3.30. The highest BCUT2D eigenvalue weighted by Gasteiger charge is 2.19. The first-order valence-corrected chi connectivity index (χ1v) is 9.21. The number of nitrogens with one attached hydrogen (secondary N) is 2. The highest BCUT2D eigenvalue weighted by molar-refractivity contribution is 6.30. The Kier molecular flexibility index (Phi) is 5.04. The molecule has 1 aliphatic heterocycles. The second kappa shape index (κ2) is 7.78. The molecule has 142 valence electrons. The lowest BCUT2D eigenvalue weighted by molar-refractivity contribution is -0.119. The first kappa shape index (κ1) is 18.1. The number of aromatic nitrogens is 1. The van der Waals surface area contributed by atoms with E-state index in [1.54, 1.807) is 18.2 Å². The predicted octanol–water partition coefficient (Wildman–Crippen LogP) is 4.09. The van der Waals surface area contributed by atoms with Crippen molar-refractivity contribution in [2.75, 3.05) is 17.2 Å². The molecule has 1 aliphatic rings. The molecule has 0 bridgehead atoms. The maximum atomic E-state index is 12.7. The Hall–Kier alpha value is -3.25. The fraction of sp³-hybridized carbons (Fsp3) is 0.143. The van der Waals surface area contributed by atoms with Crippen LogP contribution in [0.15, 0.2) is 67.0 Å². The van der Waals surface area contributed by atoms with Gasteiger partial charge in [-0.15, -0.1) is 0 Å². The summed E-state index contributed by atoms with van der Waals surface area (Å²) in [6.45, 7) is -0.0311. The minimum Gasteiger partial charge on any atom is -0.482 e. The van der Waals surface area contributed by atoms with Crippen LogP contribution < -0.4 is 15.4 Å². The van der Waals surface area contributed by atoms with Crippen molar-refractivity contribution in [1.82, 2.24) is 4.57 Å². The third kappa shape index (κ3) is 4.02. The highest BCUT2D eigenvalue weighted by Crippen LogP contribution is 2.31. The van der Waals surface area contributed by atoms with Gasteiger partial charge in [-0.3, -0.25) is 9.59 Å². The van der Waals surface area contributed by atoms with Crippen molar-refractivity contribution in [3.8, 4) is 5.75 Å². The predicted molar refractivity (Wildman–Crippen MR) is 108 cm³/mol. The molecule has 2 amide bonds. The number of hydrogen-bond donors (Lipinski definition) is 2. The molecule has 2 heterocycles. The average Bonchev–Trinajstić information content (AvgIpc) is 3.21. The molecule has 0 fully saturated rings. The number of rotatable bonds is 5. The molecule has 1 aromatic heterocycles. The molecular formula is C21H18ClN3O3. The Morgan fingerprint density at radius 3 is 2.68 bits per heavy atom. The summed E-state index contributed by atoms with van der Waals surface area (Å²) in [6, 6.07) is 16.3. The Morgan fingerprint density at radius 1 is 1.18 bits per heavy atom. The van der Waals surface area contributed by atoms with Crippen LogP contribution in [0.1, 0.15) is 18.0 Å². The molecule has 7 heteroatoms. The summed E-state index contributed by atoms with van der Waals surface area (Å²) >= 11 is 6.00. The molecule has 0 radical (unpaired) electrons. The van der Waals surface area contributed by atoms with Gasteiger partial charge in [-0.1, -0.05) is 23.7 Å². The van der Waals surface area contributed by atoms with Gasteiger partial charge in [0, 0.05) is 29.2 Å². The molecule has 0 aliphatic carbocycles. The van der Waals surface area contributed by atoms with Crippen molar-refractivity contribution in [1.29, 1.82) is 0 Å². The number of nitrogens with zero attached hydrogens (tertiary/aromatic N) is 1. The summed E-state index contributed by atoms with van der Waals surface area (Å²) in [6.07, 6.45) is 4.12. The van der Waals surface area contributed by atoms with E-state index in [1.807, 2.05) is 53.4 Å². The number of halogens is 1. The van der Waals surface area contributed by atoms with E-state index < -0.39 is 0 Å². The normalized spacial score (nSPS) is 13.8. The van der Waals surface area contributed by atoms with Gasteiger partial charge in [0.2, 0.25) is 5.91 Å². The van der Waals surface area contributed by atoms with Crippen LogP contribution in [0.3, 0.4) is 0 Å². The number of benzene rings is 2. The van der Waals surface area contributed by atoms with E-state index in [0.717, 1.165) is 5.56 Å². The van der Waals surface area contributed by atoms with Crippen LogP contribution in [0.5, 0.6) is 5.75 Å². The first-order chi connectivity index (χ1) is 13.6. The number of amides is 2. The van der Waals surface area contributed by atoms with Gasteiger partial charge in [0.05, 0.1) is 18.2 Å². The molecular weight excluding hydrogens is 378 g/mol. The zero-order valence-corrected chi connectivity index (χ0v) is 15.6. The Bertz CT molecular complexity index is 1000. The largest absolute Gasteiger partial charge is 0.482 e. The molecule has 0 unspecified atom stereocenters. The van der Waals surface area contributed by atoms with Gasteiger partial charge in [0.25, 0.3) is 5.91 Å². The van der Waals surface area contributed by atoms with Crippen molar-refractivity contribution in [3.63, 3.8) is 0 Å². The van der Waals surface area contributed by atoms with Crippen LogP contribution in [-0.4, -0.2) is 23.0 Å². The number of fused-ring (bicyclic) bond motifs is 1. The summed E-state index contributed by atoms with van der Waals surface area (Å²) in [5.74, 6) is 0.215. The Labute approximate surface area is 167 Å². The van der Waals surface area contributed by atoms with Gasteiger partial charge in [0.1, 0.15) is 5.75 Å². The quantitative estimate of drug-likeness (QED) is 0.683. The SMILES string of the molecule is O=C(C[C@H](c1ccc(Cl)cc1)n1cccc1)Nc1ccc2c(c1)OCC(=O)N2. The molecule has 28 heavy (non-hydrogen) atoms. The summed E-state index contributed by atoms with van der Waals surface area (Å²) in [5.41, 5.74) is 2.20. The van der Waals surface area contributed by atoms with E-state index in [1.165, 1.54) is 0 Å². The van der Waals surface area contributed by atoms with Gasteiger partial charge in [0.15, 0.2) is 6.61 Å². The monoisotopic (exact) mass is 395 g/mol. The first-order valence-electron chi connectivity index (χ1n) is 8.83. The van der Waals surface area contributed by atoms with Gasteiger partial charge in [-0.25, -0.2) is 0 Å². The summed E-state index contributed by atoms with van der Waals surface area (Å²) < 4.78 is 7.39. The molecule has 1 atom stereocenters. The second-order valence-corrected chi connectivity index (χ2v) is 6.93. The zero-order valence-electron chi connectivity index (χ0n) is 14.9. The van der Waals surface area contributed by atoms with Crippen LogP contribution in [0.4, 0.5) is 11.4 Å². The number of carbonyl (C=O) groups is 2. The minimum absolute atomic E-state index is 0.0311. The van der Waals surface area contributed by atoms with Crippen molar-refractivity contribution >= 4 is 34.8 Å². The van der Waals surface area contributed by atoms with Crippen molar-refractivity contribution in [2.45, 2.75) is 12.5 Å². The van der Waals surface area contributed by atoms with E-state index in [-0.39, 0.29) is 30.9 Å². The van der Waals surface area contributed by atoms with E-state index in [4.69, 9.17) is 16.3 Å². The standard InChI is InChI=1S/C21H18ClN3O3/c22-15-5-3-14(4-6-15)18(25-9-1-2-10-25)12-20(26)23-16-7-8-17-19(11-16)28-13-21(27)24-17/h1-11,18H,12-13H2,(H,23,26)(H,24,27)/t18-/m1/s1. The topological polar surface area (TPSA) is 72.4 Å². The molecule has 0 spiro atoms. The number of hydrogen-bond acceptors (Lipinski definition) is 3. The summed E-state index contributed by atoms with van der Waals surface area (Å²) in [7, 11) is 0. The Morgan fingerprint density at radius 2 is 1.93 bits per heavy atom. The number of ether oxygens (including phenoxy) is 1. The molecule has 2 aromatic carbocycles. The van der Waals surface area contributed by atoms with Crippen LogP contribution in [-0.2, 0) is 9.59 Å². The highest BCUT2D eigenvalue weighted by atomic mass is 35.5. The number of carbonyl (C=O) groups excluding carboxylic acids is 2. The van der Waals surface area contributed by atoms with Gasteiger partial charge in [-0.05, 0) is 42.0 Å². The third-order valence-corrected chi connectivity index (χ3v) is 4.77. The third-order valence-electron chi connectivity index (χ3n) is 4.52. The van der Waals surface area contributed by atoms with Crippen LogP contribution in [0, 0.1) is 0 Å². The van der Waals surface area contributed by atoms with Crippen molar-refractivity contribution in [3.05, 3.63) is 77.6 Å². The lowest BCUT2D eigenvalue weighted by Crippen LogP contribution is -2.25. The van der Waals surface area contributed by atoms with E-state index in [9.17, 15) is 9.59 Å². The van der Waals surface area contributed by atoms with Crippen LogP contribution in [0.25, 0.3) is 0 Å². The average molecular weight is 396 g/mol. The zero-order chi connectivity index (χ0) is 19.5. The minimum atomic E-state index is -0.193. The van der Waals surface area contributed by atoms with Crippen molar-refractivity contribution < 1.29 is 14.3 Å². The smallest absolute Gasteiger partial charge is 0.262 e. The molecule has 0 saturated carbocycles. The second-order valence-electron chi connectivity index (χ2n) is 6.50. The Balaban J connectivity index is 1.50. The van der Waals surface area contributed by atoms with Crippen LogP contribution in [0.2, 0.25) is 5.02 Å². The molecule has 2 N–H and O–H groups in total.